The number of hydrogen-bond donors (Lipinski definition) is 2. The van der Waals surface area contributed by atoms with Crippen LogP contribution in [-0.2, 0) is 9.53 Å². The highest BCUT2D eigenvalue weighted by Gasteiger charge is 2.12. The molecule has 0 radical (unpaired) electrons. The van der Waals surface area contributed by atoms with Gasteiger partial charge in [-0.2, -0.15) is 5.26 Å². The highest BCUT2D eigenvalue weighted by atomic mass is 16.5. The number of esters is 1. The number of nitrogens with zero attached hydrogens (tertiary/aromatic N) is 1. The summed E-state index contributed by atoms with van der Waals surface area (Å²) in [6.07, 6.45) is 1.35. The number of anilines is 1. The summed E-state index contributed by atoms with van der Waals surface area (Å²) in [5.41, 5.74) is 1.06. The summed E-state index contributed by atoms with van der Waals surface area (Å²) in [6.45, 7) is 0. The molecule has 2 aromatic rings. The molecule has 2 N–H and O–H groups in total. The Morgan fingerprint density at radius 1 is 1.25 bits per heavy atom. The van der Waals surface area contributed by atoms with E-state index in [4.69, 9.17) is 4.74 Å². The standard InChI is InChI=1S/C17H15N3O4/c1-23-14-5-3-4-12(9-14)20-16(21)11(10-18)8-13-6-7-15(19-13)17(22)24-2/h3-9,19H,1-2H3,(H,20,21)/b11-8-. The number of rotatable bonds is 5. The fourth-order valence-corrected chi connectivity index (χ4v) is 1.93. The molecule has 1 heterocycles. The third-order valence-corrected chi connectivity index (χ3v) is 3.11. The molecule has 1 aromatic heterocycles. The maximum Gasteiger partial charge on any atom is 0.354 e. The summed E-state index contributed by atoms with van der Waals surface area (Å²) in [5, 5.41) is 11.8. The summed E-state index contributed by atoms with van der Waals surface area (Å²) in [4.78, 5) is 26.3. The largest absolute Gasteiger partial charge is 0.497 e. The zero-order valence-corrected chi connectivity index (χ0v) is 13.1. The van der Waals surface area contributed by atoms with Gasteiger partial charge in [-0.3, -0.25) is 4.79 Å². The van der Waals surface area contributed by atoms with Crippen LogP contribution in [0.4, 0.5) is 5.69 Å². The van der Waals surface area contributed by atoms with Gasteiger partial charge >= 0.3 is 5.97 Å². The van der Waals surface area contributed by atoms with E-state index in [2.05, 4.69) is 15.0 Å². The van der Waals surface area contributed by atoms with Crippen molar-refractivity contribution in [1.82, 2.24) is 4.98 Å². The van der Waals surface area contributed by atoms with E-state index in [0.29, 0.717) is 17.1 Å². The van der Waals surface area contributed by atoms with Gasteiger partial charge in [-0.05, 0) is 30.3 Å². The van der Waals surface area contributed by atoms with Gasteiger partial charge in [0.05, 0.1) is 14.2 Å². The first-order valence-corrected chi connectivity index (χ1v) is 6.92. The lowest BCUT2D eigenvalue weighted by atomic mass is 10.2. The molecule has 1 amide bonds. The zero-order chi connectivity index (χ0) is 17.5. The van der Waals surface area contributed by atoms with Crippen LogP contribution >= 0.6 is 0 Å². The van der Waals surface area contributed by atoms with E-state index in [0.717, 1.165) is 0 Å². The molecular weight excluding hydrogens is 310 g/mol. The van der Waals surface area contributed by atoms with Gasteiger partial charge in [-0.15, -0.1) is 0 Å². The fourth-order valence-electron chi connectivity index (χ4n) is 1.93. The van der Waals surface area contributed by atoms with Crippen molar-refractivity contribution in [1.29, 1.82) is 5.26 Å². The van der Waals surface area contributed by atoms with Gasteiger partial charge in [0, 0.05) is 17.4 Å². The number of aromatic nitrogens is 1. The van der Waals surface area contributed by atoms with Crippen LogP contribution in [0.5, 0.6) is 5.75 Å². The van der Waals surface area contributed by atoms with Gasteiger partial charge in [-0.1, -0.05) is 6.07 Å². The lowest BCUT2D eigenvalue weighted by Crippen LogP contribution is -2.13. The van der Waals surface area contributed by atoms with E-state index in [1.165, 1.54) is 26.4 Å². The highest BCUT2D eigenvalue weighted by molar-refractivity contribution is 6.09. The Kier molecular flexibility index (Phi) is 5.36. The number of amides is 1. The summed E-state index contributed by atoms with van der Waals surface area (Å²) in [5.74, 6) is -0.517. The molecule has 7 nitrogen and oxygen atoms in total. The minimum atomic E-state index is -0.569. The second kappa shape index (κ2) is 7.65. The topological polar surface area (TPSA) is 104 Å². The average molecular weight is 325 g/mol. The number of benzene rings is 1. The van der Waals surface area contributed by atoms with Gasteiger partial charge in [0.25, 0.3) is 5.91 Å². The molecule has 0 atom stereocenters. The Morgan fingerprint density at radius 3 is 2.71 bits per heavy atom. The molecule has 0 spiro atoms. The van der Waals surface area contributed by atoms with Crippen molar-refractivity contribution in [3.05, 3.63) is 53.4 Å². The van der Waals surface area contributed by atoms with Crippen LogP contribution in [0.25, 0.3) is 6.08 Å². The molecule has 24 heavy (non-hydrogen) atoms. The lowest BCUT2D eigenvalue weighted by molar-refractivity contribution is -0.112. The summed E-state index contributed by atoms with van der Waals surface area (Å²) < 4.78 is 9.66. The molecule has 0 aliphatic rings. The number of hydrogen-bond acceptors (Lipinski definition) is 5. The van der Waals surface area contributed by atoms with Crippen LogP contribution in [0.15, 0.2) is 42.0 Å². The molecule has 0 unspecified atom stereocenters. The van der Waals surface area contributed by atoms with Crippen molar-refractivity contribution < 1.29 is 19.1 Å². The Morgan fingerprint density at radius 2 is 2.04 bits per heavy atom. The minimum absolute atomic E-state index is 0.115. The third-order valence-electron chi connectivity index (χ3n) is 3.11. The first kappa shape index (κ1) is 16.8. The smallest absolute Gasteiger partial charge is 0.354 e. The molecule has 0 aliphatic heterocycles. The second-order valence-corrected chi connectivity index (χ2v) is 4.67. The van der Waals surface area contributed by atoms with Gasteiger partial charge in [0.15, 0.2) is 0 Å². The van der Waals surface area contributed by atoms with Crippen molar-refractivity contribution in [3.8, 4) is 11.8 Å². The SMILES string of the molecule is COC(=O)c1ccc(/C=C(/C#N)C(=O)Nc2cccc(OC)c2)[nH]1. The second-order valence-electron chi connectivity index (χ2n) is 4.67. The van der Waals surface area contributed by atoms with E-state index >= 15 is 0 Å². The van der Waals surface area contributed by atoms with Crippen molar-refractivity contribution in [2.75, 3.05) is 19.5 Å². The number of nitriles is 1. The van der Waals surface area contributed by atoms with E-state index in [9.17, 15) is 14.9 Å². The van der Waals surface area contributed by atoms with E-state index in [1.807, 2.05) is 6.07 Å². The predicted molar refractivity (Wildman–Crippen MR) is 87.3 cm³/mol. The Balaban J connectivity index is 2.17. The number of carbonyl (C=O) groups is 2. The van der Waals surface area contributed by atoms with Crippen LogP contribution in [0.2, 0.25) is 0 Å². The van der Waals surface area contributed by atoms with Crippen molar-refractivity contribution >= 4 is 23.6 Å². The Labute approximate surface area is 138 Å². The number of nitrogens with one attached hydrogen (secondary N) is 2. The molecule has 0 fully saturated rings. The fraction of sp³-hybridized carbons (Fsp3) is 0.118. The normalized spacial score (nSPS) is 10.6. The summed E-state index contributed by atoms with van der Waals surface area (Å²) in [6, 6.07) is 11.7. The summed E-state index contributed by atoms with van der Waals surface area (Å²) >= 11 is 0. The molecule has 7 heteroatoms. The third kappa shape index (κ3) is 4.01. The Hall–Kier alpha value is -3.53. The monoisotopic (exact) mass is 325 g/mol. The van der Waals surface area contributed by atoms with Gasteiger partial charge in [0.2, 0.25) is 0 Å². The zero-order valence-electron chi connectivity index (χ0n) is 13.1. The number of H-pyrrole nitrogens is 1. The molecule has 0 saturated carbocycles. The number of aromatic amines is 1. The highest BCUT2D eigenvalue weighted by Crippen LogP contribution is 2.18. The minimum Gasteiger partial charge on any atom is -0.497 e. The van der Waals surface area contributed by atoms with Crippen LogP contribution < -0.4 is 10.1 Å². The average Bonchev–Trinajstić information content (AvgIpc) is 3.07. The van der Waals surface area contributed by atoms with Crippen LogP contribution in [-0.4, -0.2) is 31.1 Å². The summed E-state index contributed by atoms with van der Waals surface area (Å²) in [7, 11) is 2.78. The Bertz CT molecular complexity index is 830. The quantitative estimate of drug-likeness (QED) is 0.499. The van der Waals surface area contributed by atoms with Gasteiger partial charge in [0.1, 0.15) is 23.1 Å². The van der Waals surface area contributed by atoms with E-state index in [1.54, 1.807) is 30.3 Å². The first-order chi connectivity index (χ1) is 11.6. The van der Waals surface area contributed by atoms with E-state index < -0.39 is 11.9 Å². The molecule has 122 valence electrons. The number of carbonyl (C=O) groups excluding carboxylic acids is 2. The van der Waals surface area contributed by atoms with Crippen molar-refractivity contribution in [2.24, 2.45) is 0 Å². The number of ether oxygens (including phenoxy) is 2. The number of methoxy groups -OCH3 is 2. The molecular formula is C17H15N3O4. The lowest BCUT2D eigenvalue weighted by Gasteiger charge is -2.06. The van der Waals surface area contributed by atoms with Crippen molar-refractivity contribution in [2.45, 2.75) is 0 Å². The first-order valence-electron chi connectivity index (χ1n) is 6.92. The van der Waals surface area contributed by atoms with Gasteiger partial charge in [-0.25, -0.2) is 4.79 Å². The van der Waals surface area contributed by atoms with Crippen LogP contribution in [0.3, 0.4) is 0 Å². The maximum atomic E-state index is 12.2. The molecule has 0 saturated heterocycles. The molecule has 2 rings (SSSR count). The van der Waals surface area contributed by atoms with Gasteiger partial charge < -0.3 is 19.8 Å². The van der Waals surface area contributed by atoms with Crippen molar-refractivity contribution in [3.63, 3.8) is 0 Å². The van der Waals surface area contributed by atoms with E-state index in [-0.39, 0.29) is 11.3 Å². The van der Waals surface area contributed by atoms with Crippen LogP contribution in [0, 0.1) is 11.3 Å². The maximum absolute atomic E-state index is 12.2. The predicted octanol–water partition coefficient (Wildman–Crippen LogP) is 2.36. The molecule has 0 bridgehead atoms. The van der Waals surface area contributed by atoms with Crippen LogP contribution in [0.1, 0.15) is 16.2 Å². The molecule has 1 aromatic carbocycles. The molecule has 0 aliphatic carbocycles.